The van der Waals surface area contributed by atoms with Crippen LogP contribution in [0.4, 0.5) is 0 Å². The lowest BCUT2D eigenvalue weighted by Gasteiger charge is -2.14. The van der Waals surface area contributed by atoms with Gasteiger partial charge in [0.05, 0.1) is 22.7 Å². The number of halogens is 1. The topological polar surface area (TPSA) is 65.6 Å². The van der Waals surface area contributed by atoms with Crippen LogP contribution in [0.15, 0.2) is 102 Å². The minimum Gasteiger partial charge on any atom is -0.343 e. The largest absolute Gasteiger partial charge is 0.343 e. The van der Waals surface area contributed by atoms with Crippen molar-refractivity contribution in [3.63, 3.8) is 0 Å². The Kier molecular flexibility index (Phi) is 6.77. The highest BCUT2D eigenvalue weighted by Gasteiger charge is 2.24. The first-order chi connectivity index (χ1) is 19.0. The second kappa shape index (κ2) is 10.5. The van der Waals surface area contributed by atoms with E-state index in [2.05, 4.69) is 19.7 Å². The van der Waals surface area contributed by atoms with Gasteiger partial charge in [-0.1, -0.05) is 78.0 Å². The Hall–Kier alpha value is -4.20. The third kappa shape index (κ3) is 4.54. The summed E-state index contributed by atoms with van der Waals surface area (Å²) in [4.78, 5) is 18.1. The zero-order valence-corrected chi connectivity index (χ0v) is 22.9. The van der Waals surface area contributed by atoms with Crippen molar-refractivity contribution in [2.75, 3.05) is 5.75 Å². The predicted molar refractivity (Wildman–Crippen MR) is 158 cm³/mol. The summed E-state index contributed by atoms with van der Waals surface area (Å²) in [7, 11) is 2.01. The number of ketones is 1. The number of Topliss-reactive ketones (excluding diaryl/α,β-unsaturated/α-hetero) is 1. The van der Waals surface area contributed by atoms with Crippen molar-refractivity contribution in [3.05, 3.63) is 113 Å². The Morgan fingerprint density at radius 3 is 2.41 bits per heavy atom. The number of rotatable bonds is 7. The fourth-order valence-corrected chi connectivity index (χ4v) is 5.91. The molecule has 0 aliphatic carbocycles. The molecular weight excluding hydrogens is 526 g/mol. The summed E-state index contributed by atoms with van der Waals surface area (Å²) in [5.41, 5.74) is 6.28. The number of aryl methyl sites for hydroxylation is 1. The first-order valence-electron chi connectivity index (χ1n) is 12.4. The number of nitrogens with zero attached hydrogens (tertiary/aromatic N) is 5. The standard InChI is InChI=1S/C31H24ClN5OS/c1-20-24(32)12-8-14-25(20)37-30(22-15-17-33-18-16-22)34-35-31(37)39-19-27(38)28-23-11-6-7-13-26(23)36(2)29(28)21-9-4-3-5-10-21/h3-18H,19H2,1-2H3. The van der Waals surface area contributed by atoms with Gasteiger partial charge in [0.1, 0.15) is 0 Å². The molecule has 3 aromatic carbocycles. The summed E-state index contributed by atoms with van der Waals surface area (Å²) < 4.78 is 4.07. The molecule has 0 bridgehead atoms. The number of benzene rings is 3. The van der Waals surface area contributed by atoms with Crippen LogP contribution in [0.5, 0.6) is 0 Å². The summed E-state index contributed by atoms with van der Waals surface area (Å²) in [6.45, 7) is 1.97. The van der Waals surface area contributed by atoms with Gasteiger partial charge in [-0.3, -0.25) is 14.3 Å². The minimum atomic E-state index is 0.0264. The third-order valence-corrected chi connectivity index (χ3v) is 8.16. The number of para-hydroxylation sites is 1. The molecule has 0 unspecified atom stereocenters. The molecule has 0 aliphatic heterocycles. The number of carbonyl (C=O) groups excluding carboxylic acids is 1. The molecule has 0 spiro atoms. The number of hydrogen-bond donors (Lipinski definition) is 0. The van der Waals surface area contributed by atoms with Gasteiger partial charge in [-0.05, 0) is 48.4 Å². The van der Waals surface area contributed by atoms with Crippen LogP contribution in [0.1, 0.15) is 15.9 Å². The number of fused-ring (bicyclic) bond motifs is 1. The summed E-state index contributed by atoms with van der Waals surface area (Å²) in [6, 6.07) is 27.6. The van der Waals surface area contributed by atoms with Crippen molar-refractivity contribution in [1.82, 2.24) is 24.3 Å². The molecule has 6 nitrogen and oxygen atoms in total. The van der Waals surface area contributed by atoms with E-state index in [4.69, 9.17) is 11.6 Å². The lowest BCUT2D eigenvalue weighted by atomic mass is 10.0. The molecule has 0 N–H and O–H groups in total. The molecule has 0 atom stereocenters. The van der Waals surface area contributed by atoms with Crippen molar-refractivity contribution in [2.45, 2.75) is 12.1 Å². The monoisotopic (exact) mass is 549 g/mol. The second-order valence-electron chi connectivity index (χ2n) is 9.14. The molecule has 6 rings (SSSR count). The van der Waals surface area contributed by atoms with Crippen LogP contribution < -0.4 is 0 Å². The maximum atomic E-state index is 14.0. The third-order valence-electron chi connectivity index (χ3n) is 6.82. The van der Waals surface area contributed by atoms with Crippen molar-refractivity contribution >= 4 is 40.0 Å². The van der Waals surface area contributed by atoms with Crippen molar-refractivity contribution in [3.8, 4) is 28.3 Å². The molecule has 0 amide bonds. The lowest BCUT2D eigenvalue weighted by molar-refractivity contribution is 0.102. The fraction of sp³-hybridized carbons (Fsp3) is 0.0968. The molecule has 0 saturated carbocycles. The second-order valence-corrected chi connectivity index (χ2v) is 10.5. The molecule has 192 valence electrons. The summed E-state index contributed by atoms with van der Waals surface area (Å²) in [6.07, 6.45) is 3.45. The molecule has 6 aromatic rings. The number of carbonyl (C=O) groups is 1. The summed E-state index contributed by atoms with van der Waals surface area (Å²) >= 11 is 7.86. The lowest BCUT2D eigenvalue weighted by Crippen LogP contribution is -2.07. The van der Waals surface area contributed by atoms with Gasteiger partial charge in [0.2, 0.25) is 0 Å². The minimum absolute atomic E-state index is 0.0264. The zero-order valence-electron chi connectivity index (χ0n) is 21.4. The van der Waals surface area contributed by atoms with Crippen LogP contribution in [-0.2, 0) is 7.05 Å². The highest BCUT2D eigenvalue weighted by Crippen LogP contribution is 2.36. The highest BCUT2D eigenvalue weighted by molar-refractivity contribution is 7.99. The smallest absolute Gasteiger partial charge is 0.196 e. The van der Waals surface area contributed by atoms with Crippen molar-refractivity contribution in [2.24, 2.45) is 7.05 Å². The molecule has 39 heavy (non-hydrogen) atoms. The van der Waals surface area contributed by atoms with Crippen LogP contribution in [0.3, 0.4) is 0 Å². The molecule has 0 radical (unpaired) electrons. The van der Waals surface area contributed by atoms with Gasteiger partial charge in [-0.15, -0.1) is 10.2 Å². The van der Waals surface area contributed by atoms with Crippen LogP contribution in [-0.4, -0.2) is 35.9 Å². The zero-order chi connectivity index (χ0) is 26.9. The molecule has 3 heterocycles. The Morgan fingerprint density at radius 1 is 0.872 bits per heavy atom. The van der Waals surface area contributed by atoms with Crippen LogP contribution in [0.25, 0.3) is 39.2 Å². The van der Waals surface area contributed by atoms with E-state index < -0.39 is 0 Å². The Labute approximate surface area is 235 Å². The van der Waals surface area contributed by atoms with Crippen molar-refractivity contribution < 1.29 is 4.79 Å². The predicted octanol–water partition coefficient (Wildman–Crippen LogP) is 7.42. The number of pyridine rings is 1. The average molecular weight is 550 g/mol. The van der Waals surface area contributed by atoms with E-state index >= 15 is 0 Å². The average Bonchev–Trinajstić information content (AvgIpc) is 3.53. The first-order valence-corrected chi connectivity index (χ1v) is 13.8. The van der Waals surface area contributed by atoms with Gasteiger partial charge in [-0.2, -0.15) is 0 Å². The number of hydrogen-bond acceptors (Lipinski definition) is 5. The van der Waals surface area contributed by atoms with E-state index in [0.29, 0.717) is 21.6 Å². The molecular formula is C31H24ClN5OS. The van der Waals surface area contributed by atoms with E-state index in [1.807, 2.05) is 103 Å². The van der Waals surface area contributed by atoms with Gasteiger partial charge in [-0.25, -0.2) is 0 Å². The molecule has 0 aliphatic rings. The van der Waals surface area contributed by atoms with E-state index in [0.717, 1.165) is 39.0 Å². The van der Waals surface area contributed by atoms with Gasteiger partial charge in [0.25, 0.3) is 0 Å². The van der Waals surface area contributed by atoms with Crippen LogP contribution >= 0.6 is 23.4 Å². The van der Waals surface area contributed by atoms with Crippen LogP contribution in [0.2, 0.25) is 5.02 Å². The molecule has 3 aromatic heterocycles. The van der Waals surface area contributed by atoms with E-state index in [1.54, 1.807) is 12.4 Å². The maximum Gasteiger partial charge on any atom is 0.196 e. The summed E-state index contributed by atoms with van der Waals surface area (Å²) in [5, 5.41) is 11.2. The van der Waals surface area contributed by atoms with E-state index in [1.165, 1.54) is 11.8 Å². The molecule has 0 saturated heterocycles. The maximum absolute atomic E-state index is 14.0. The Balaban J connectivity index is 1.42. The van der Waals surface area contributed by atoms with Crippen LogP contribution in [0, 0.1) is 6.92 Å². The fourth-order valence-electron chi connectivity index (χ4n) is 4.92. The first kappa shape index (κ1) is 25.1. The van der Waals surface area contributed by atoms with Crippen molar-refractivity contribution in [1.29, 1.82) is 0 Å². The molecule has 0 fully saturated rings. The normalized spacial score (nSPS) is 11.3. The van der Waals surface area contributed by atoms with Gasteiger partial charge in [0.15, 0.2) is 16.8 Å². The van der Waals surface area contributed by atoms with E-state index in [-0.39, 0.29) is 11.5 Å². The van der Waals surface area contributed by atoms with Gasteiger partial charge >= 0.3 is 0 Å². The highest BCUT2D eigenvalue weighted by atomic mass is 35.5. The number of thioether (sulfide) groups is 1. The summed E-state index contributed by atoms with van der Waals surface area (Å²) in [5.74, 6) is 0.883. The quantitative estimate of drug-likeness (QED) is 0.153. The Bertz CT molecular complexity index is 1810. The molecule has 8 heteroatoms. The van der Waals surface area contributed by atoms with E-state index in [9.17, 15) is 4.79 Å². The SMILES string of the molecule is Cc1c(Cl)cccc1-n1c(SCC(=O)c2c(-c3ccccc3)n(C)c3ccccc23)nnc1-c1ccncc1. The van der Waals surface area contributed by atoms with Gasteiger partial charge < -0.3 is 4.57 Å². The Morgan fingerprint density at radius 2 is 1.62 bits per heavy atom. The van der Waals surface area contributed by atoms with Gasteiger partial charge in [0, 0.05) is 40.9 Å². The number of aromatic nitrogens is 5.